The Morgan fingerprint density at radius 3 is 2.76 bits per heavy atom. The van der Waals surface area contributed by atoms with Crippen LogP contribution in [0.2, 0.25) is 0 Å². The highest BCUT2D eigenvalue weighted by Gasteiger charge is 2.19. The van der Waals surface area contributed by atoms with E-state index < -0.39 is 0 Å². The minimum absolute atomic E-state index is 0.138. The van der Waals surface area contributed by atoms with Gasteiger partial charge in [0.1, 0.15) is 9.88 Å². The van der Waals surface area contributed by atoms with E-state index in [1.54, 1.807) is 18.8 Å². The maximum absolute atomic E-state index is 11.8. The number of carbonyl (C=O) groups is 1. The third-order valence-electron chi connectivity index (χ3n) is 2.74. The van der Waals surface area contributed by atoms with Gasteiger partial charge in [0, 0.05) is 26.8 Å². The number of amides is 1. The first-order chi connectivity index (χ1) is 10.0. The van der Waals surface area contributed by atoms with E-state index >= 15 is 0 Å². The molecule has 0 saturated heterocycles. The minimum atomic E-state index is -0.138. The molecule has 21 heavy (non-hydrogen) atoms. The Kier molecular flexibility index (Phi) is 7.92. The second-order valence-electron chi connectivity index (χ2n) is 5.04. The highest BCUT2D eigenvalue weighted by molar-refractivity contribution is 7.99. The molecule has 0 aliphatic heterocycles. The van der Waals surface area contributed by atoms with Crippen molar-refractivity contribution in [3.63, 3.8) is 0 Å². The summed E-state index contributed by atoms with van der Waals surface area (Å²) in [4.78, 5) is 13.3. The molecule has 1 aromatic heterocycles. The predicted molar refractivity (Wildman–Crippen MR) is 92.7 cm³/mol. The number of hydrogen-bond acceptors (Lipinski definition) is 6. The number of rotatable bonds is 9. The first-order valence-corrected chi connectivity index (χ1v) is 9.05. The SMILES string of the molecule is CNC(=O)c1sc(NCCCOCC(C)C)c(SC)c1N. The Morgan fingerprint density at radius 2 is 2.19 bits per heavy atom. The molecule has 1 rings (SSSR count). The quantitative estimate of drug-likeness (QED) is 0.479. The fourth-order valence-corrected chi connectivity index (χ4v) is 3.73. The zero-order valence-corrected chi connectivity index (χ0v) is 14.7. The van der Waals surface area contributed by atoms with Crippen molar-refractivity contribution in [2.24, 2.45) is 5.92 Å². The Hall–Kier alpha value is -0.920. The molecule has 0 unspecified atom stereocenters. The van der Waals surface area contributed by atoms with E-state index in [0.29, 0.717) is 16.5 Å². The van der Waals surface area contributed by atoms with Crippen LogP contribution in [-0.4, -0.2) is 39.0 Å². The van der Waals surface area contributed by atoms with E-state index in [9.17, 15) is 4.79 Å². The maximum Gasteiger partial charge on any atom is 0.263 e. The molecule has 0 saturated carbocycles. The van der Waals surface area contributed by atoms with Crippen molar-refractivity contribution in [3.8, 4) is 0 Å². The van der Waals surface area contributed by atoms with Crippen molar-refractivity contribution in [1.29, 1.82) is 0 Å². The monoisotopic (exact) mass is 331 g/mol. The van der Waals surface area contributed by atoms with Crippen LogP contribution in [0.1, 0.15) is 29.9 Å². The predicted octanol–water partition coefficient (Wildman–Crippen LogP) is 2.89. The molecule has 0 aromatic carbocycles. The van der Waals surface area contributed by atoms with E-state index in [0.717, 1.165) is 36.1 Å². The molecule has 0 fully saturated rings. The van der Waals surface area contributed by atoms with E-state index in [1.165, 1.54) is 11.3 Å². The highest BCUT2D eigenvalue weighted by Crippen LogP contribution is 2.41. The maximum atomic E-state index is 11.8. The fourth-order valence-electron chi connectivity index (χ4n) is 1.73. The normalized spacial score (nSPS) is 10.9. The lowest BCUT2D eigenvalue weighted by molar-refractivity contribution is 0.0968. The largest absolute Gasteiger partial charge is 0.396 e. The van der Waals surface area contributed by atoms with Gasteiger partial charge in [0.05, 0.1) is 10.6 Å². The molecule has 1 heterocycles. The number of carbonyl (C=O) groups excluding carboxylic acids is 1. The van der Waals surface area contributed by atoms with Crippen LogP contribution in [0.3, 0.4) is 0 Å². The highest BCUT2D eigenvalue weighted by atomic mass is 32.2. The molecular formula is C14H25N3O2S2. The van der Waals surface area contributed by atoms with Crippen molar-refractivity contribution in [2.75, 3.05) is 44.1 Å². The van der Waals surface area contributed by atoms with Crippen molar-refractivity contribution < 1.29 is 9.53 Å². The number of thioether (sulfide) groups is 1. The average molecular weight is 332 g/mol. The van der Waals surface area contributed by atoms with E-state index in [4.69, 9.17) is 10.5 Å². The van der Waals surface area contributed by atoms with Crippen LogP contribution in [0, 0.1) is 5.92 Å². The van der Waals surface area contributed by atoms with Gasteiger partial charge in [-0.1, -0.05) is 13.8 Å². The van der Waals surface area contributed by atoms with Crippen LogP contribution < -0.4 is 16.4 Å². The van der Waals surface area contributed by atoms with Crippen LogP contribution in [0.5, 0.6) is 0 Å². The summed E-state index contributed by atoms with van der Waals surface area (Å²) in [6.45, 7) is 6.61. The molecule has 4 N–H and O–H groups in total. The Labute approximate surface area is 135 Å². The van der Waals surface area contributed by atoms with Crippen LogP contribution >= 0.6 is 23.1 Å². The lowest BCUT2D eigenvalue weighted by Crippen LogP contribution is -2.17. The summed E-state index contributed by atoms with van der Waals surface area (Å²) in [5.74, 6) is 0.425. The summed E-state index contributed by atoms with van der Waals surface area (Å²) >= 11 is 2.96. The molecule has 7 heteroatoms. The Bertz CT molecular complexity index is 461. The summed E-state index contributed by atoms with van der Waals surface area (Å²) in [7, 11) is 1.61. The molecule has 120 valence electrons. The molecule has 0 aliphatic carbocycles. The number of nitrogens with one attached hydrogen (secondary N) is 2. The standard InChI is InChI=1S/C14H25N3O2S2/c1-9(2)8-19-7-5-6-17-14-12(20-4)10(15)11(21-14)13(18)16-3/h9,17H,5-8,15H2,1-4H3,(H,16,18). The number of thiophene rings is 1. The number of hydrogen-bond donors (Lipinski definition) is 3. The summed E-state index contributed by atoms with van der Waals surface area (Å²) in [5.41, 5.74) is 6.60. The number of nitrogens with two attached hydrogens (primary N) is 1. The van der Waals surface area contributed by atoms with Gasteiger partial charge in [-0.05, 0) is 18.6 Å². The van der Waals surface area contributed by atoms with Crippen LogP contribution in [0.4, 0.5) is 10.7 Å². The molecule has 1 aromatic rings. The lowest BCUT2D eigenvalue weighted by Gasteiger charge is -2.08. The van der Waals surface area contributed by atoms with Gasteiger partial charge in [-0.25, -0.2) is 0 Å². The lowest BCUT2D eigenvalue weighted by atomic mass is 10.2. The zero-order chi connectivity index (χ0) is 15.8. The zero-order valence-electron chi connectivity index (χ0n) is 13.1. The van der Waals surface area contributed by atoms with Crippen LogP contribution in [0.15, 0.2) is 4.90 Å². The first-order valence-electron chi connectivity index (χ1n) is 7.01. The third kappa shape index (κ3) is 5.41. The first kappa shape index (κ1) is 18.1. The van der Waals surface area contributed by atoms with Gasteiger partial charge in [-0.15, -0.1) is 23.1 Å². The van der Waals surface area contributed by atoms with Crippen LogP contribution in [0.25, 0.3) is 0 Å². The van der Waals surface area contributed by atoms with Gasteiger partial charge >= 0.3 is 0 Å². The van der Waals surface area contributed by atoms with Gasteiger partial charge < -0.3 is 21.1 Å². The van der Waals surface area contributed by atoms with Crippen molar-refractivity contribution in [2.45, 2.75) is 25.2 Å². The van der Waals surface area contributed by atoms with Gasteiger partial charge in [-0.2, -0.15) is 0 Å². The molecule has 0 spiro atoms. The molecule has 0 aliphatic rings. The third-order valence-corrected chi connectivity index (χ3v) is 4.86. The van der Waals surface area contributed by atoms with Gasteiger partial charge in [0.2, 0.25) is 0 Å². The second-order valence-corrected chi connectivity index (χ2v) is 6.87. The topological polar surface area (TPSA) is 76.4 Å². The minimum Gasteiger partial charge on any atom is -0.396 e. The Balaban J connectivity index is 2.53. The molecule has 5 nitrogen and oxygen atoms in total. The summed E-state index contributed by atoms with van der Waals surface area (Å²) in [6.07, 6.45) is 2.89. The van der Waals surface area contributed by atoms with Crippen molar-refractivity contribution in [3.05, 3.63) is 4.88 Å². The summed E-state index contributed by atoms with van der Waals surface area (Å²) in [5, 5.41) is 6.93. The molecule has 0 atom stereocenters. The summed E-state index contributed by atoms with van der Waals surface area (Å²) in [6, 6.07) is 0. The van der Waals surface area contributed by atoms with Crippen molar-refractivity contribution in [1.82, 2.24) is 5.32 Å². The average Bonchev–Trinajstić information content (AvgIpc) is 2.77. The van der Waals surface area contributed by atoms with E-state index in [-0.39, 0.29) is 5.91 Å². The molecule has 0 bridgehead atoms. The van der Waals surface area contributed by atoms with E-state index in [1.807, 2.05) is 6.26 Å². The molecular weight excluding hydrogens is 306 g/mol. The van der Waals surface area contributed by atoms with Gasteiger partial charge in [-0.3, -0.25) is 4.79 Å². The fraction of sp³-hybridized carbons (Fsp3) is 0.643. The van der Waals surface area contributed by atoms with Gasteiger partial charge in [0.25, 0.3) is 5.91 Å². The van der Waals surface area contributed by atoms with Gasteiger partial charge in [0.15, 0.2) is 0 Å². The van der Waals surface area contributed by atoms with Crippen molar-refractivity contribution >= 4 is 39.7 Å². The number of ether oxygens (including phenoxy) is 1. The smallest absolute Gasteiger partial charge is 0.263 e. The molecule has 1 amide bonds. The van der Waals surface area contributed by atoms with Crippen LogP contribution in [-0.2, 0) is 4.74 Å². The second kappa shape index (κ2) is 9.17. The molecule has 0 radical (unpaired) electrons. The number of nitrogen functional groups attached to an aromatic ring is 1. The summed E-state index contributed by atoms with van der Waals surface area (Å²) < 4.78 is 5.54. The van der Waals surface area contributed by atoms with E-state index in [2.05, 4.69) is 24.5 Å². The number of anilines is 2. The Morgan fingerprint density at radius 1 is 1.48 bits per heavy atom.